The van der Waals surface area contributed by atoms with Crippen molar-refractivity contribution in [3.63, 3.8) is 0 Å². The average Bonchev–Trinajstić information content (AvgIpc) is 2.45. The van der Waals surface area contributed by atoms with Crippen molar-refractivity contribution >= 4 is 11.9 Å². The molecule has 1 heterocycles. The molecular weight excluding hydrogens is 214 g/mol. The molecule has 16 heavy (non-hydrogen) atoms. The first-order chi connectivity index (χ1) is 7.56. The summed E-state index contributed by atoms with van der Waals surface area (Å²) in [7, 11) is 0. The summed E-state index contributed by atoms with van der Waals surface area (Å²) in [4.78, 5) is 0. The second-order valence-electron chi connectivity index (χ2n) is 6.34. The van der Waals surface area contributed by atoms with E-state index in [2.05, 4.69) is 31.3 Å². The maximum atomic E-state index is 2.71. The molecule has 0 aromatic heterocycles. The Morgan fingerprint density at radius 1 is 1.19 bits per heavy atom. The number of hydrogen-bond acceptors (Lipinski definition) is 2. The van der Waals surface area contributed by atoms with Gasteiger partial charge in [0.15, 0.2) is 0 Å². The summed E-state index contributed by atoms with van der Waals surface area (Å²) >= 11 is 1.97. The van der Waals surface area contributed by atoms with Crippen molar-refractivity contribution in [1.82, 2.24) is 4.31 Å². The van der Waals surface area contributed by atoms with Gasteiger partial charge in [-0.3, -0.25) is 0 Å². The van der Waals surface area contributed by atoms with Crippen LogP contribution in [0.4, 0.5) is 0 Å². The zero-order valence-electron chi connectivity index (χ0n) is 11.4. The van der Waals surface area contributed by atoms with E-state index in [9.17, 15) is 0 Å². The summed E-state index contributed by atoms with van der Waals surface area (Å²) in [6, 6.07) is 0.817. The lowest BCUT2D eigenvalue weighted by molar-refractivity contribution is 0.140. The van der Waals surface area contributed by atoms with Crippen LogP contribution in [0.25, 0.3) is 0 Å². The van der Waals surface area contributed by atoms with Crippen molar-refractivity contribution < 1.29 is 0 Å². The molecule has 94 valence electrons. The fraction of sp³-hybridized carbons (Fsp3) is 1.00. The smallest absolute Gasteiger partial charge is 0.0266 e. The standard InChI is InChI=1S/C14H27NS/c1-5-12-14(9-7-6-8-10-14)11-13(2,3)15(12)16-4/h12H,5-11H2,1-4H3. The molecule has 1 unspecified atom stereocenters. The lowest BCUT2D eigenvalue weighted by Gasteiger charge is -2.40. The van der Waals surface area contributed by atoms with E-state index in [1.165, 1.54) is 44.9 Å². The molecule has 1 nitrogen and oxygen atoms in total. The fourth-order valence-corrected chi connectivity index (χ4v) is 5.65. The van der Waals surface area contributed by atoms with E-state index >= 15 is 0 Å². The predicted molar refractivity (Wildman–Crippen MR) is 73.6 cm³/mol. The second-order valence-corrected chi connectivity index (χ2v) is 7.10. The fourth-order valence-electron chi connectivity index (χ4n) is 4.47. The monoisotopic (exact) mass is 241 g/mol. The maximum absolute atomic E-state index is 2.71. The zero-order valence-corrected chi connectivity index (χ0v) is 12.2. The molecule has 1 spiro atoms. The molecule has 2 rings (SSSR count). The molecule has 1 atom stereocenters. The van der Waals surface area contributed by atoms with Gasteiger partial charge < -0.3 is 0 Å². The van der Waals surface area contributed by atoms with Gasteiger partial charge in [0.2, 0.25) is 0 Å². The summed E-state index contributed by atoms with van der Waals surface area (Å²) in [6.45, 7) is 7.26. The van der Waals surface area contributed by atoms with Gasteiger partial charge in [0.05, 0.1) is 0 Å². The molecule has 0 radical (unpaired) electrons. The van der Waals surface area contributed by atoms with Crippen molar-refractivity contribution in [2.45, 2.75) is 77.3 Å². The van der Waals surface area contributed by atoms with Crippen molar-refractivity contribution in [2.75, 3.05) is 6.26 Å². The molecule has 0 aromatic rings. The SMILES string of the molecule is CCC1N(SC)C(C)(C)CC12CCCCC2. The minimum absolute atomic E-state index is 0.400. The molecule has 0 amide bonds. The summed E-state index contributed by atoms with van der Waals surface area (Å²) in [5.41, 5.74) is 1.05. The van der Waals surface area contributed by atoms with Crippen LogP contribution in [-0.4, -0.2) is 22.1 Å². The molecule has 0 bridgehead atoms. The summed E-state index contributed by atoms with van der Waals surface area (Å²) in [6.07, 6.45) is 12.4. The summed E-state index contributed by atoms with van der Waals surface area (Å²) in [5.74, 6) is 0. The van der Waals surface area contributed by atoms with E-state index in [1.807, 2.05) is 11.9 Å². The maximum Gasteiger partial charge on any atom is 0.0266 e. The van der Waals surface area contributed by atoms with Crippen LogP contribution in [0, 0.1) is 5.41 Å². The van der Waals surface area contributed by atoms with E-state index in [0.29, 0.717) is 11.0 Å². The van der Waals surface area contributed by atoms with E-state index in [1.54, 1.807) is 0 Å². The van der Waals surface area contributed by atoms with E-state index in [-0.39, 0.29) is 0 Å². The minimum Gasteiger partial charge on any atom is -0.242 e. The Morgan fingerprint density at radius 2 is 1.81 bits per heavy atom. The number of rotatable bonds is 2. The van der Waals surface area contributed by atoms with Crippen molar-refractivity contribution in [2.24, 2.45) is 5.41 Å². The molecule has 1 saturated heterocycles. The minimum atomic E-state index is 0.400. The molecule has 2 heteroatoms. The van der Waals surface area contributed by atoms with Gasteiger partial charge in [0.25, 0.3) is 0 Å². The van der Waals surface area contributed by atoms with Gasteiger partial charge in [-0.25, -0.2) is 4.31 Å². The Bertz CT molecular complexity index is 243. The van der Waals surface area contributed by atoms with Gasteiger partial charge in [0, 0.05) is 11.6 Å². The summed E-state index contributed by atoms with van der Waals surface area (Å²) in [5, 5.41) is 0. The van der Waals surface area contributed by atoms with Crippen LogP contribution in [0.2, 0.25) is 0 Å². The largest absolute Gasteiger partial charge is 0.242 e. The predicted octanol–water partition coefficient (Wildman–Crippen LogP) is 4.48. The highest BCUT2D eigenvalue weighted by Gasteiger charge is 2.54. The van der Waals surface area contributed by atoms with Crippen LogP contribution in [-0.2, 0) is 0 Å². The first kappa shape index (κ1) is 12.8. The topological polar surface area (TPSA) is 3.24 Å². The quantitative estimate of drug-likeness (QED) is 0.656. The van der Waals surface area contributed by atoms with Gasteiger partial charge in [-0.15, -0.1) is 0 Å². The van der Waals surface area contributed by atoms with Crippen LogP contribution < -0.4 is 0 Å². The molecule has 1 aliphatic carbocycles. The molecular formula is C14H27NS. The molecule has 2 aliphatic rings. The van der Waals surface area contributed by atoms with Gasteiger partial charge >= 0.3 is 0 Å². The highest BCUT2D eigenvalue weighted by atomic mass is 32.2. The Balaban J connectivity index is 2.26. The molecule has 1 aliphatic heterocycles. The Morgan fingerprint density at radius 3 is 2.31 bits per heavy atom. The van der Waals surface area contributed by atoms with Gasteiger partial charge in [-0.1, -0.05) is 38.1 Å². The third-order valence-electron chi connectivity index (χ3n) is 4.80. The van der Waals surface area contributed by atoms with Gasteiger partial charge in [0.1, 0.15) is 0 Å². The zero-order chi connectivity index (χ0) is 11.8. The van der Waals surface area contributed by atoms with Crippen molar-refractivity contribution in [1.29, 1.82) is 0 Å². The lowest BCUT2D eigenvalue weighted by Crippen LogP contribution is -2.40. The normalized spacial score (nSPS) is 33.4. The van der Waals surface area contributed by atoms with E-state index < -0.39 is 0 Å². The average molecular weight is 241 g/mol. The Kier molecular flexibility index (Phi) is 3.61. The molecule has 0 N–H and O–H groups in total. The van der Waals surface area contributed by atoms with E-state index in [0.717, 1.165) is 6.04 Å². The van der Waals surface area contributed by atoms with Crippen LogP contribution in [0.1, 0.15) is 65.7 Å². The third-order valence-corrected chi connectivity index (χ3v) is 5.95. The van der Waals surface area contributed by atoms with Crippen LogP contribution in [0.15, 0.2) is 0 Å². The first-order valence-electron chi connectivity index (χ1n) is 6.89. The molecule has 2 fully saturated rings. The van der Waals surface area contributed by atoms with Gasteiger partial charge in [-0.05, 0) is 51.2 Å². The summed E-state index contributed by atoms with van der Waals surface area (Å²) < 4.78 is 2.71. The number of hydrogen-bond donors (Lipinski definition) is 0. The van der Waals surface area contributed by atoms with Crippen molar-refractivity contribution in [3.05, 3.63) is 0 Å². The second kappa shape index (κ2) is 4.53. The van der Waals surface area contributed by atoms with Crippen LogP contribution >= 0.6 is 11.9 Å². The third kappa shape index (κ3) is 1.92. The van der Waals surface area contributed by atoms with Gasteiger partial charge in [-0.2, -0.15) is 0 Å². The molecule has 1 saturated carbocycles. The highest BCUT2D eigenvalue weighted by molar-refractivity contribution is 7.96. The van der Waals surface area contributed by atoms with Crippen LogP contribution in [0.5, 0.6) is 0 Å². The Labute approximate surface area is 105 Å². The lowest BCUT2D eigenvalue weighted by atomic mass is 9.67. The Hall–Kier alpha value is 0.310. The number of nitrogens with zero attached hydrogens (tertiary/aromatic N) is 1. The van der Waals surface area contributed by atoms with E-state index in [4.69, 9.17) is 0 Å². The first-order valence-corrected chi connectivity index (χ1v) is 8.07. The van der Waals surface area contributed by atoms with Crippen molar-refractivity contribution in [3.8, 4) is 0 Å². The van der Waals surface area contributed by atoms with Crippen LogP contribution in [0.3, 0.4) is 0 Å². The highest BCUT2D eigenvalue weighted by Crippen LogP contribution is 2.56. The molecule has 0 aromatic carbocycles.